The summed E-state index contributed by atoms with van der Waals surface area (Å²) in [5, 5.41) is 9.90. The molecule has 18 heavy (non-hydrogen) atoms. The van der Waals surface area contributed by atoms with E-state index in [1.165, 1.54) is 5.56 Å². The van der Waals surface area contributed by atoms with Gasteiger partial charge in [-0.05, 0) is 17.9 Å². The van der Waals surface area contributed by atoms with Crippen LogP contribution < -0.4 is 5.73 Å². The second-order valence-electron chi connectivity index (χ2n) is 4.86. The molecule has 0 aliphatic heterocycles. The minimum Gasteiger partial charge on any atom is -0.391 e. The van der Waals surface area contributed by atoms with Crippen molar-refractivity contribution in [3.63, 3.8) is 0 Å². The lowest BCUT2D eigenvalue weighted by molar-refractivity contribution is 0.157. The lowest BCUT2D eigenvalue weighted by atomic mass is 10.0. The maximum Gasteiger partial charge on any atom is 0.0781 e. The summed E-state index contributed by atoms with van der Waals surface area (Å²) in [5.74, 6) is 2.19. The Morgan fingerprint density at radius 3 is 2.39 bits per heavy atom. The molecule has 0 aromatic heterocycles. The van der Waals surface area contributed by atoms with E-state index in [0.29, 0.717) is 11.7 Å². The van der Waals surface area contributed by atoms with Gasteiger partial charge in [0.2, 0.25) is 0 Å². The number of nitrogens with two attached hydrogens (primary N) is 1. The summed E-state index contributed by atoms with van der Waals surface area (Å²) in [5.41, 5.74) is 7.23. The van der Waals surface area contributed by atoms with Crippen molar-refractivity contribution in [1.82, 2.24) is 0 Å². The van der Waals surface area contributed by atoms with E-state index in [9.17, 15) is 5.11 Å². The molecule has 3 N–H and O–H groups in total. The van der Waals surface area contributed by atoms with Crippen molar-refractivity contribution < 1.29 is 5.11 Å². The van der Waals surface area contributed by atoms with Crippen LogP contribution in [0.15, 0.2) is 30.3 Å². The van der Waals surface area contributed by atoms with Crippen LogP contribution in [-0.4, -0.2) is 23.0 Å². The van der Waals surface area contributed by atoms with Gasteiger partial charge in [-0.1, -0.05) is 44.2 Å². The first kappa shape index (κ1) is 17.8. The molecular weight excluding hydrogens is 266 g/mol. The highest BCUT2D eigenvalue weighted by molar-refractivity contribution is 7.98. The van der Waals surface area contributed by atoms with Gasteiger partial charge >= 0.3 is 0 Å². The molecule has 0 heterocycles. The van der Waals surface area contributed by atoms with E-state index in [1.807, 2.05) is 18.2 Å². The topological polar surface area (TPSA) is 46.2 Å². The van der Waals surface area contributed by atoms with Crippen molar-refractivity contribution in [2.45, 2.75) is 38.2 Å². The minimum atomic E-state index is -0.397. The molecule has 0 spiro atoms. The van der Waals surface area contributed by atoms with Gasteiger partial charge in [0.1, 0.15) is 0 Å². The SMILES string of the molecule is CC(C)CC(N)C(O)CSCc1ccccc1.Cl. The Hall–Kier alpha value is -0.220. The van der Waals surface area contributed by atoms with Gasteiger partial charge in [0.25, 0.3) is 0 Å². The maximum absolute atomic E-state index is 9.90. The molecule has 2 nitrogen and oxygen atoms in total. The first-order chi connectivity index (χ1) is 8.09. The van der Waals surface area contributed by atoms with Gasteiger partial charge in [-0.15, -0.1) is 12.4 Å². The van der Waals surface area contributed by atoms with E-state index in [4.69, 9.17) is 5.73 Å². The summed E-state index contributed by atoms with van der Waals surface area (Å²) in [6.07, 6.45) is 0.485. The van der Waals surface area contributed by atoms with Gasteiger partial charge in [0.15, 0.2) is 0 Å². The zero-order valence-electron chi connectivity index (χ0n) is 11.1. The molecule has 0 bridgehead atoms. The first-order valence-corrected chi connectivity index (χ1v) is 7.30. The highest BCUT2D eigenvalue weighted by Gasteiger charge is 2.15. The molecular formula is C14H24ClNOS. The number of aliphatic hydroxyl groups is 1. The van der Waals surface area contributed by atoms with Gasteiger partial charge in [-0.3, -0.25) is 0 Å². The van der Waals surface area contributed by atoms with Crippen molar-refractivity contribution in [2.24, 2.45) is 11.7 Å². The Bertz CT molecular complexity index is 308. The number of hydrogen-bond acceptors (Lipinski definition) is 3. The molecule has 0 radical (unpaired) electrons. The summed E-state index contributed by atoms with van der Waals surface area (Å²) in [7, 11) is 0. The van der Waals surface area contributed by atoms with Gasteiger partial charge in [-0.25, -0.2) is 0 Å². The summed E-state index contributed by atoms with van der Waals surface area (Å²) >= 11 is 1.74. The number of thioether (sulfide) groups is 1. The number of hydrogen-bond donors (Lipinski definition) is 2. The highest BCUT2D eigenvalue weighted by Crippen LogP contribution is 2.15. The molecule has 1 rings (SSSR count). The van der Waals surface area contributed by atoms with Gasteiger partial charge in [-0.2, -0.15) is 11.8 Å². The quantitative estimate of drug-likeness (QED) is 0.811. The first-order valence-electron chi connectivity index (χ1n) is 6.15. The third-order valence-electron chi connectivity index (χ3n) is 2.64. The van der Waals surface area contributed by atoms with Crippen molar-refractivity contribution in [1.29, 1.82) is 0 Å². The van der Waals surface area contributed by atoms with Crippen molar-refractivity contribution >= 4 is 24.2 Å². The molecule has 0 aliphatic carbocycles. The predicted molar refractivity (Wildman–Crippen MR) is 83.3 cm³/mol. The van der Waals surface area contributed by atoms with Crippen LogP contribution >= 0.6 is 24.2 Å². The van der Waals surface area contributed by atoms with Gasteiger partial charge in [0, 0.05) is 17.5 Å². The van der Waals surface area contributed by atoms with Crippen LogP contribution in [-0.2, 0) is 5.75 Å². The monoisotopic (exact) mass is 289 g/mol. The average Bonchev–Trinajstić information content (AvgIpc) is 2.29. The van der Waals surface area contributed by atoms with Crippen molar-refractivity contribution in [3.8, 4) is 0 Å². The Morgan fingerprint density at radius 1 is 1.22 bits per heavy atom. The number of halogens is 1. The highest BCUT2D eigenvalue weighted by atomic mass is 35.5. The number of rotatable bonds is 7. The Labute approximate surface area is 121 Å². The second kappa shape index (κ2) is 9.68. The molecule has 2 atom stereocenters. The van der Waals surface area contributed by atoms with E-state index in [1.54, 1.807) is 11.8 Å². The van der Waals surface area contributed by atoms with E-state index in [2.05, 4.69) is 26.0 Å². The largest absolute Gasteiger partial charge is 0.391 e. The smallest absolute Gasteiger partial charge is 0.0781 e. The maximum atomic E-state index is 9.90. The Balaban J connectivity index is 0.00000289. The van der Waals surface area contributed by atoms with Crippen LogP contribution in [0.1, 0.15) is 25.8 Å². The lowest BCUT2D eigenvalue weighted by Gasteiger charge is -2.20. The third kappa shape index (κ3) is 7.27. The Kier molecular flexibility index (Phi) is 9.56. The fraction of sp³-hybridized carbons (Fsp3) is 0.571. The van der Waals surface area contributed by atoms with Crippen LogP contribution in [0.5, 0.6) is 0 Å². The zero-order chi connectivity index (χ0) is 12.7. The molecule has 0 saturated carbocycles. The summed E-state index contributed by atoms with van der Waals surface area (Å²) in [4.78, 5) is 0. The molecule has 0 amide bonds. The summed E-state index contributed by atoms with van der Waals surface area (Å²) < 4.78 is 0. The average molecular weight is 290 g/mol. The third-order valence-corrected chi connectivity index (χ3v) is 3.75. The molecule has 0 saturated heterocycles. The molecule has 104 valence electrons. The van der Waals surface area contributed by atoms with E-state index >= 15 is 0 Å². The summed E-state index contributed by atoms with van der Waals surface area (Å²) in [6.45, 7) is 4.26. The molecule has 0 fully saturated rings. The lowest BCUT2D eigenvalue weighted by Crippen LogP contribution is -2.37. The molecule has 2 unspecified atom stereocenters. The molecule has 0 aliphatic rings. The minimum absolute atomic E-state index is 0. The molecule has 4 heteroatoms. The fourth-order valence-corrected chi connectivity index (χ4v) is 2.73. The van der Waals surface area contributed by atoms with Gasteiger partial charge < -0.3 is 10.8 Å². The predicted octanol–water partition coefficient (Wildman–Crippen LogP) is 3.08. The Morgan fingerprint density at radius 2 is 1.83 bits per heavy atom. The van der Waals surface area contributed by atoms with Gasteiger partial charge in [0.05, 0.1) is 6.10 Å². The fourth-order valence-electron chi connectivity index (χ4n) is 1.70. The van der Waals surface area contributed by atoms with E-state index in [-0.39, 0.29) is 18.4 Å². The standard InChI is InChI=1S/C14H23NOS.ClH/c1-11(2)8-13(15)14(16)10-17-9-12-6-4-3-5-7-12;/h3-7,11,13-14,16H,8-10,15H2,1-2H3;1H. The van der Waals surface area contributed by atoms with Crippen LogP contribution in [0.4, 0.5) is 0 Å². The summed E-state index contributed by atoms with van der Waals surface area (Å²) in [6, 6.07) is 10.2. The van der Waals surface area contributed by atoms with Crippen LogP contribution in [0.2, 0.25) is 0 Å². The molecule has 1 aromatic rings. The number of aliphatic hydroxyl groups excluding tert-OH is 1. The van der Waals surface area contributed by atoms with Crippen LogP contribution in [0, 0.1) is 5.92 Å². The second-order valence-corrected chi connectivity index (χ2v) is 5.89. The van der Waals surface area contributed by atoms with Crippen molar-refractivity contribution in [2.75, 3.05) is 5.75 Å². The molecule has 1 aromatic carbocycles. The van der Waals surface area contributed by atoms with Crippen LogP contribution in [0.3, 0.4) is 0 Å². The van der Waals surface area contributed by atoms with E-state index in [0.717, 1.165) is 12.2 Å². The van der Waals surface area contributed by atoms with Crippen molar-refractivity contribution in [3.05, 3.63) is 35.9 Å². The number of benzene rings is 1. The normalized spacial score (nSPS) is 14.1. The van der Waals surface area contributed by atoms with E-state index < -0.39 is 6.10 Å². The zero-order valence-corrected chi connectivity index (χ0v) is 12.7. The van der Waals surface area contributed by atoms with Crippen LogP contribution in [0.25, 0.3) is 0 Å².